The second-order valence-corrected chi connectivity index (χ2v) is 7.97. The van der Waals surface area contributed by atoms with Gasteiger partial charge in [-0.3, -0.25) is 4.99 Å². The quantitative estimate of drug-likeness (QED) is 0.574. The first-order valence-electron chi connectivity index (χ1n) is 9.91. The van der Waals surface area contributed by atoms with E-state index in [9.17, 15) is 0 Å². The molecule has 2 unspecified atom stereocenters. The van der Waals surface area contributed by atoms with E-state index in [0.29, 0.717) is 12.0 Å². The summed E-state index contributed by atoms with van der Waals surface area (Å²) in [5.41, 5.74) is 1.06. The third-order valence-corrected chi connectivity index (χ3v) is 5.59. The van der Waals surface area contributed by atoms with Gasteiger partial charge in [0.2, 0.25) is 0 Å². The lowest BCUT2D eigenvalue weighted by Crippen LogP contribution is -2.45. The predicted molar refractivity (Wildman–Crippen MR) is 113 cm³/mol. The smallest absolute Gasteiger partial charge is 0.191 e. The van der Waals surface area contributed by atoms with Gasteiger partial charge in [0, 0.05) is 43.8 Å². The molecule has 1 aromatic carbocycles. The van der Waals surface area contributed by atoms with Crippen LogP contribution in [0.5, 0.6) is 5.75 Å². The Labute approximate surface area is 167 Å². The number of hydrogen-bond donors (Lipinski definition) is 2. The predicted octanol–water partition coefficient (Wildman–Crippen LogP) is 2.43. The van der Waals surface area contributed by atoms with Crippen molar-refractivity contribution in [3.8, 4) is 5.75 Å². The lowest BCUT2D eigenvalue weighted by atomic mass is 10.1. The number of likely N-dealkylation sites (tertiary alicyclic amines) is 1. The Kier molecular flexibility index (Phi) is 7.07. The van der Waals surface area contributed by atoms with Gasteiger partial charge in [-0.2, -0.15) is 0 Å². The minimum Gasteiger partial charge on any atom is -0.495 e. The topological polar surface area (TPSA) is 52.1 Å². The average Bonchev–Trinajstić information content (AvgIpc) is 3.29. The Hall–Kier alpha value is -1.66. The van der Waals surface area contributed by atoms with Crippen LogP contribution in [0.25, 0.3) is 0 Å². The van der Waals surface area contributed by atoms with Crippen LogP contribution >= 0.6 is 11.6 Å². The van der Waals surface area contributed by atoms with Crippen LogP contribution in [-0.2, 0) is 0 Å². The van der Waals surface area contributed by atoms with Crippen LogP contribution < -0.4 is 20.3 Å². The molecule has 2 heterocycles. The fourth-order valence-electron chi connectivity index (χ4n) is 3.92. The Balaban J connectivity index is 1.59. The van der Waals surface area contributed by atoms with Crippen molar-refractivity contribution in [3.63, 3.8) is 0 Å². The van der Waals surface area contributed by atoms with E-state index in [4.69, 9.17) is 21.3 Å². The summed E-state index contributed by atoms with van der Waals surface area (Å²) in [7, 11) is 3.89. The zero-order chi connectivity index (χ0) is 19.2. The van der Waals surface area contributed by atoms with Gasteiger partial charge in [-0.1, -0.05) is 11.6 Å². The first-order valence-corrected chi connectivity index (χ1v) is 10.3. The zero-order valence-electron chi connectivity index (χ0n) is 16.7. The molecule has 2 aliphatic rings. The van der Waals surface area contributed by atoms with Crippen LogP contribution in [-0.4, -0.2) is 70.3 Å². The Morgan fingerprint density at radius 2 is 2.15 bits per heavy atom. The molecule has 0 aromatic heterocycles. The number of hydrogen-bond acceptors (Lipinski definition) is 4. The highest BCUT2D eigenvalue weighted by Gasteiger charge is 2.26. The van der Waals surface area contributed by atoms with Gasteiger partial charge >= 0.3 is 0 Å². The van der Waals surface area contributed by atoms with Crippen molar-refractivity contribution in [2.45, 2.75) is 25.8 Å². The third kappa shape index (κ3) is 5.42. The Morgan fingerprint density at radius 1 is 1.30 bits per heavy atom. The highest BCUT2D eigenvalue weighted by molar-refractivity contribution is 6.30. The molecule has 27 heavy (non-hydrogen) atoms. The van der Waals surface area contributed by atoms with Crippen molar-refractivity contribution in [2.24, 2.45) is 10.9 Å². The van der Waals surface area contributed by atoms with Crippen molar-refractivity contribution in [1.82, 2.24) is 15.5 Å². The van der Waals surface area contributed by atoms with Crippen LogP contribution in [0, 0.1) is 5.92 Å². The fourth-order valence-corrected chi connectivity index (χ4v) is 4.08. The number of methoxy groups -OCH3 is 1. The summed E-state index contributed by atoms with van der Waals surface area (Å²) >= 11 is 6.20. The van der Waals surface area contributed by atoms with E-state index in [1.54, 1.807) is 7.11 Å². The number of anilines is 1. The number of nitrogens with one attached hydrogen (secondary N) is 2. The third-order valence-electron chi connectivity index (χ3n) is 5.35. The lowest BCUT2D eigenvalue weighted by Gasteiger charge is -2.22. The van der Waals surface area contributed by atoms with E-state index in [-0.39, 0.29) is 0 Å². The molecule has 6 nitrogen and oxygen atoms in total. The molecule has 2 aliphatic heterocycles. The minimum absolute atomic E-state index is 0.359. The van der Waals surface area contributed by atoms with Gasteiger partial charge in [-0.15, -0.1) is 0 Å². The summed E-state index contributed by atoms with van der Waals surface area (Å²) in [4.78, 5) is 9.56. The number of halogens is 1. The zero-order valence-corrected chi connectivity index (χ0v) is 17.4. The van der Waals surface area contributed by atoms with Gasteiger partial charge in [0.25, 0.3) is 0 Å². The molecule has 7 heteroatoms. The molecule has 2 atom stereocenters. The van der Waals surface area contributed by atoms with Gasteiger partial charge in [-0.05, 0) is 57.5 Å². The van der Waals surface area contributed by atoms with Gasteiger partial charge in [-0.25, -0.2) is 0 Å². The van der Waals surface area contributed by atoms with E-state index in [2.05, 4.69) is 34.4 Å². The van der Waals surface area contributed by atoms with Gasteiger partial charge in [0.05, 0.1) is 12.8 Å². The molecule has 0 saturated carbocycles. The van der Waals surface area contributed by atoms with Crippen molar-refractivity contribution in [1.29, 1.82) is 0 Å². The molecule has 150 valence electrons. The van der Waals surface area contributed by atoms with Crippen LogP contribution in [0.1, 0.15) is 19.8 Å². The minimum atomic E-state index is 0.359. The molecular formula is C20H32ClN5O. The number of aliphatic imine (C=N–C) groups is 1. The lowest BCUT2D eigenvalue weighted by molar-refractivity contribution is 0.397. The normalized spacial score (nSPS) is 23.7. The van der Waals surface area contributed by atoms with Gasteiger partial charge in [0.15, 0.2) is 5.96 Å². The molecular weight excluding hydrogens is 362 g/mol. The fraction of sp³-hybridized carbons (Fsp3) is 0.650. The van der Waals surface area contributed by atoms with Crippen molar-refractivity contribution in [2.75, 3.05) is 58.3 Å². The first-order chi connectivity index (χ1) is 13.1. The van der Waals surface area contributed by atoms with E-state index < -0.39 is 0 Å². The Morgan fingerprint density at radius 3 is 2.85 bits per heavy atom. The number of benzene rings is 1. The number of nitrogens with zero attached hydrogens (tertiary/aromatic N) is 3. The molecule has 0 spiro atoms. The number of rotatable bonds is 6. The van der Waals surface area contributed by atoms with E-state index in [0.717, 1.165) is 61.6 Å². The summed E-state index contributed by atoms with van der Waals surface area (Å²) in [5.74, 6) is 2.46. The maximum Gasteiger partial charge on any atom is 0.191 e. The summed E-state index contributed by atoms with van der Waals surface area (Å²) in [6, 6.07) is 6.14. The van der Waals surface area contributed by atoms with Crippen molar-refractivity contribution in [3.05, 3.63) is 23.2 Å². The highest BCUT2D eigenvalue weighted by Crippen LogP contribution is 2.33. The van der Waals surface area contributed by atoms with Crippen LogP contribution in [0.15, 0.2) is 23.2 Å². The van der Waals surface area contributed by atoms with Gasteiger partial charge in [0.1, 0.15) is 5.75 Å². The SMILES string of the molecule is CCNC(=NCC1CCN(C)C1)NC1CCN(c2cc(Cl)ccc2OC)C1. The molecule has 2 N–H and O–H groups in total. The van der Waals surface area contributed by atoms with Crippen LogP contribution in [0.3, 0.4) is 0 Å². The standard InChI is InChI=1S/C20H32ClN5O/c1-4-22-20(23-12-15-7-9-25(2)13-15)24-17-8-10-26(14-17)18-11-16(21)5-6-19(18)27-3/h5-6,11,15,17H,4,7-10,12-14H2,1-3H3,(H2,22,23,24). The van der Waals surface area contributed by atoms with Crippen LogP contribution in [0.4, 0.5) is 5.69 Å². The van der Waals surface area contributed by atoms with Gasteiger partial charge < -0.3 is 25.2 Å². The molecule has 2 saturated heterocycles. The summed E-state index contributed by atoms with van der Waals surface area (Å²) in [5, 5.41) is 7.74. The van der Waals surface area contributed by atoms with E-state index in [1.165, 1.54) is 13.0 Å². The second-order valence-electron chi connectivity index (χ2n) is 7.53. The molecule has 3 rings (SSSR count). The summed E-state index contributed by atoms with van der Waals surface area (Å²) in [6.07, 6.45) is 2.30. The maximum atomic E-state index is 6.20. The average molecular weight is 394 g/mol. The number of ether oxygens (including phenoxy) is 1. The molecule has 0 amide bonds. The maximum absolute atomic E-state index is 6.20. The molecule has 0 aliphatic carbocycles. The Bertz CT molecular complexity index is 653. The molecule has 2 fully saturated rings. The van der Waals surface area contributed by atoms with Crippen LogP contribution in [0.2, 0.25) is 5.02 Å². The molecule has 0 bridgehead atoms. The van der Waals surface area contributed by atoms with E-state index in [1.807, 2.05) is 18.2 Å². The molecule has 1 aromatic rings. The largest absolute Gasteiger partial charge is 0.495 e. The van der Waals surface area contributed by atoms with E-state index >= 15 is 0 Å². The first kappa shape index (κ1) is 20.1. The summed E-state index contributed by atoms with van der Waals surface area (Å²) in [6.45, 7) is 8.08. The monoisotopic (exact) mass is 393 g/mol. The summed E-state index contributed by atoms with van der Waals surface area (Å²) < 4.78 is 5.51. The van der Waals surface area contributed by atoms with Crippen molar-refractivity contribution < 1.29 is 4.74 Å². The number of guanidine groups is 1. The highest BCUT2D eigenvalue weighted by atomic mass is 35.5. The molecule has 0 radical (unpaired) electrons. The van der Waals surface area contributed by atoms with Crippen molar-refractivity contribution >= 4 is 23.2 Å². The second kappa shape index (κ2) is 9.51.